The molecular weight excluding hydrogens is 543 g/mol. The van der Waals surface area contributed by atoms with Crippen LogP contribution in [0.3, 0.4) is 0 Å². The first-order valence-corrected chi connectivity index (χ1v) is 12.9. The number of aromatic nitrogens is 2. The molecule has 3 aromatic rings. The molecule has 0 spiro atoms. The minimum absolute atomic E-state index is 0.00173. The zero-order valence-electron chi connectivity index (χ0n) is 20.2. The minimum atomic E-state index is -4.83. The number of nitrogens with two attached hydrogens (primary N) is 1. The second kappa shape index (κ2) is 12.1. The summed E-state index contributed by atoms with van der Waals surface area (Å²) in [6.07, 6.45) is -4.38. The number of sulfonamides is 1. The van der Waals surface area contributed by atoms with Crippen molar-refractivity contribution in [2.75, 3.05) is 17.2 Å². The molecule has 0 aliphatic heterocycles. The Balaban J connectivity index is 1.73. The normalized spacial score (nSPS) is 12.1. The second-order valence-corrected chi connectivity index (χ2v) is 9.89. The summed E-state index contributed by atoms with van der Waals surface area (Å²) in [6, 6.07) is 13.1. The summed E-state index contributed by atoms with van der Waals surface area (Å²) in [6.45, 7) is 3.86. The van der Waals surface area contributed by atoms with E-state index in [1.807, 2.05) is 0 Å². The second-order valence-electron chi connectivity index (χ2n) is 7.92. The van der Waals surface area contributed by atoms with Gasteiger partial charge in [0.05, 0.1) is 4.90 Å². The molecule has 0 aliphatic rings. The lowest BCUT2D eigenvalue weighted by molar-refractivity contribution is -0.274. The van der Waals surface area contributed by atoms with Gasteiger partial charge in [-0.05, 0) is 68.4 Å². The molecule has 2 aromatic carbocycles. The summed E-state index contributed by atoms with van der Waals surface area (Å²) >= 11 is 5.31. The van der Waals surface area contributed by atoms with Crippen LogP contribution < -0.4 is 25.8 Å². The fraction of sp³-hybridized carbons (Fsp3) is 0.217. The Morgan fingerprint density at radius 3 is 2.32 bits per heavy atom. The number of alkyl halides is 3. The van der Waals surface area contributed by atoms with Crippen molar-refractivity contribution in [1.29, 1.82) is 0 Å². The summed E-state index contributed by atoms with van der Waals surface area (Å²) in [5, 5.41) is 13.7. The molecule has 0 amide bonds. The SMILES string of the molecule is Cc1cc(C)nc(NC(=NCCc2ccc(S(N)(=O)=O)cc2)NC(=S)Nc2cccc(OC(F)(F)F)c2)n1. The number of rotatable bonds is 7. The van der Waals surface area contributed by atoms with Crippen LogP contribution in [-0.4, -0.2) is 42.4 Å². The maximum Gasteiger partial charge on any atom is 0.573 e. The average molecular weight is 568 g/mol. The highest BCUT2D eigenvalue weighted by atomic mass is 32.2. The molecule has 0 aliphatic carbocycles. The summed E-state index contributed by atoms with van der Waals surface area (Å²) < 4.78 is 64.4. The van der Waals surface area contributed by atoms with Crippen molar-refractivity contribution in [3.05, 3.63) is 71.5 Å². The van der Waals surface area contributed by atoms with E-state index in [4.69, 9.17) is 17.4 Å². The third-order valence-electron chi connectivity index (χ3n) is 4.69. The molecular formula is C23H24F3N7O3S2. The molecule has 0 saturated carbocycles. The molecule has 0 radical (unpaired) electrons. The van der Waals surface area contributed by atoms with E-state index in [1.165, 1.54) is 24.3 Å². The highest BCUT2D eigenvalue weighted by molar-refractivity contribution is 7.89. The Labute approximate surface area is 222 Å². The summed E-state index contributed by atoms with van der Waals surface area (Å²) in [5.74, 6) is 0.0281. The molecule has 0 saturated heterocycles. The van der Waals surface area contributed by atoms with Crippen LogP contribution in [0.4, 0.5) is 24.8 Å². The van der Waals surface area contributed by atoms with Gasteiger partial charge in [0, 0.05) is 29.7 Å². The van der Waals surface area contributed by atoms with Gasteiger partial charge in [-0.1, -0.05) is 18.2 Å². The van der Waals surface area contributed by atoms with Gasteiger partial charge < -0.3 is 15.4 Å². The van der Waals surface area contributed by atoms with Gasteiger partial charge in [0.2, 0.25) is 21.9 Å². The predicted octanol–water partition coefficient (Wildman–Crippen LogP) is 3.64. The Hall–Kier alpha value is -3.82. The lowest BCUT2D eigenvalue weighted by Crippen LogP contribution is -2.39. The van der Waals surface area contributed by atoms with Gasteiger partial charge in [-0.2, -0.15) is 0 Å². The topological polar surface area (TPSA) is 144 Å². The van der Waals surface area contributed by atoms with E-state index in [1.54, 1.807) is 32.0 Å². The zero-order chi connectivity index (χ0) is 27.9. The summed E-state index contributed by atoms with van der Waals surface area (Å²) in [7, 11) is -3.79. The molecule has 1 aromatic heterocycles. The smallest absolute Gasteiger partial charge is 0.406 e. The molecule has 15 heteroatoms. The zero-order valence-corrected chi connectivity index (χ0v) is 21.8. The molecule has 0 unspecified atom stereocenters. The van der Waals surface area contributed by atoms with Gasteiger partial charge in [-0.25, -0.2) is 23.5 Å². The van der Waals surface area contributed by atoms with Crippen LogP contribution in [0.25, 0.3) is 0 Å². The van der Waals surface area contributed by atoms with E-state index in [0.717, 1.165) is 29.1 Å². The van der Waals surface area contributed by atoms with Crippen molar-refractivity contribution in [2.45, 2.75) is 31.5 Å². The van der Waals surface area contributed by atoms with E-state index in [-0.39, 0.29) is 34.1 Å². The number of guanidine groups is 1. The number of primary sulfonamides is 1. The van der Waals surface area contributed by atoms with Crippen molar-refractivity contribution in [3.8, 4) is 5.75 Å². The number of aryl methyl sites for hydroxylation is 2. The molecule has 1 heterocycles. The van der Waals surface area contributed by atoms with Gasteiger partial charge in [-0.3, -0.25) is 10.3 Å². The number of hydrogen-bond acceptors (Lipinski definition) is 7. The molecule has 0 bridgehead atoms. The maximum absolute atomic E-state index is 12.5. The number of nitrogens with one attached hydrogen (secondary N) is 3. The largest absolute Gasteiger partial charge is 0.573 e. The van der Waals surface area contributed by atoms with Gasteiger partial charge in [0.25, 0.3) is 0 Å². The van der Waals surface area contributed by atoms with Crippen molar-refractivity contribution >= 4 is 44.9 Å². The molecule has 10 nitrogen and oxygen atoms in total. The van der Waals surface area contributed by atoms with E-state index in [2.05, 4.69) is 35.6 Å². The fourth-order valence-corrected chi connectivity index (χ4v) is 3.91. The first-order valence-electron chi connectivity index (χ1n) is 11.0. The molecule has 0 atom stereocenters. The number of halogens is 3. The van der Waals surface area contributed by atoms with Crippen LogP contribution in [0, 0.1) is 13.8 Å². The monoisotopic (exact) mass is 567 g/mol. The Bertz CT molecular complexity index is 1410. The quantitative estimate of drug-likeness (QED) is 0.191. The van der Waals surface area contributed by atoms with E-state index in [9.17, 15) is 21.6 Å². The lowest BCUT2D eigenvalue weighted by atomic mass is 10.1. The van der Waals surface area contributed by atoms with Crippen LogP contribution in [-0.2, 0) is 16.4 Å². The minimum Gasteiger partial charge on any atom is -0.406 e. The van der Waals surface area contributed by atoms with Gasteiger partial charge in [0.15, 0.2) is 5.11 Å². The highest BCUT2D eigenvalue weighted by Gasteiger charge is 2.31. The molecule has 0 fully saturated rings. The number of ether oxygens (including phenoxy) is 1. The van der Waals surface area contributed by atoms with E-state index >= 15 is 0 Å². The van der Waals surface area contributed by atoms with E-state index in [0.29, 0.717) is 6.42 Å². The van der Waals surface area contributed by atoms with Crippen LogP contribution in [0.5, 0.6) is 5.75 Å². The summed E-state index contributed by atoms with van der Waals surface area (Å²) in [4.78, 5) is 13.1. The molecule has 38 heavy (non-hydrogen) atoms. The summed E-state index contributed by atoms with van der Waals surface area (Å²) in [5.41, 5.74) is 2.50. The Morgan fingerprint density at radius 1 is 1.05 bits per heavy atom. The number of thiocarbonyl (C=S) groups is 1. The third kappa shape index (κ3) is 9.57. The number of anilines is 2. The average Bonchev–Trinajstić information content (AvgIpc) is 2.77. The van der Waals surface area contributed by atoms with Gasteiger partial charge in [0.1, 0.15) is 5.75 Å². The number of nitrogens with zero attached hydrogens (tertiary/aromatic N) is 3. The number of aliphatic imine (C=N–C) groups is 1. The fourth-order valence-electron chi connectivity index (χ4n) is 3.18. The number of hydrogen-bond donors (Lipinski definition) is 4. The van der Waals surface area contributed by atoms with E-state index < -0.39 is 22.1 Å². The Morgan fingerprint density at radius 2 is 1.71 bits per heavy atom. The molecule has 5 N–H and O–H groups in total. The van der Waals surface area contributed by atoms with Crippen LogP contribution in [0.1, 0.15) is 17.0 Å². The van der Waals surface area contributed by atoms with Crippen LogP contribution in [0.15, 0.2) is 64.5 Å². The first-order chi connectivity index (χ1) is 17.8. The van der Waals surface area contributed by atoms with Gasteiger partial charge >= 0.3 is 6.36 Å². The van der Waals surface area contributed by atoms with Gasteiger partial charge in [-0.15, -0.1) is 13.2 Å². The maximum atomic E-state index is 12.5. The highest BCUT2D eigenvalue weighted by Crippen LogP contribution is 2.25. The molecule has 3 rings (SSSR count). The molecule has 202 valence electrons. The van der Waals surface area contributed by atoms with Crippen molar-refractivity contribution in [2.24, 2.45) is 10.1 Å². The van der Waals surface area contributed by atoms with Crippen molar-refractivity contribution in [3.63, 3.8) is 0 Å². The Kier molecular flexibility index (Phi) is 9.19. The predicted molar refractivity (Wildman–Crippen MR) is 141 cm³/mol. The lowest BCUT2D eigenvalue weighted by Gasteiger charge is -2.15. The van der Waals surface area contributed by atoms with Crippen LogP contribution >= 0.6 is 12.2 Å². The first kappa shape index (κ1) is 28.7. The third-order valence-corrected chi connectivity index (χ3v) is 5.83. The van der Waals surface area contributed by atoms with Crippen LogP contribution in [0.2, 0.25) is 0 Å². The number of benzene rings is 2. The van der Waals surface area contributed by atoms with Crippen molar-refractivity contribution < 1.29 is 26.3 Å². The van der Waals surface area contributed by atoms with Crippen molar-refractivity contribution in [1.82, 2.24) is 15.3 Å². The standard InChI is InChI=1S/C23H24F3N7O3S2/c1-14-12-15(2)30-21(29-14)32-20(28-11-10-16-6-8-19(9-7-16)38(27,34)35)33-22(37)31-17-4-3-5-18(13-17)36-23(24,25)26/h3-9,12-13H,10-11H2,1-2H3,(H2,27,34,35)(H3,28,29,30,31,32,33,37).